The van der Waals surface area contributed by atoms with Crippen molar-refractivity contribution in [2.24, 2.45) is 5.92 Å². The molecule has 1 aromatic heterocycles. The van der Waals surface area contributed by atoms with E-state index >= 15 is 0 Å². The second-order valence-corrected chi connectivity index (χ2v) is 8.66. The molecule has 1 unspecified atom stereocenters. The van der Waals surface area contributed by atoms with Crippen molar-refractivity contribution in [2.45, 2.75) is 25.4 Å². The highest BCUT2D eigenvalue weighted by Gasteiger charge is 2.27. The number of aromatic amines is 1. The summed E-state index contributed by atoms with van der Waals surface area (Å²) in [6.07, 6.45) is 6.57. The Balaban J connectivity index is 1.21. The van der Waals surface area contributed by atoms with E-state index in [9.17, 15) is 4.79 Å². The standard InChI is InChI=1S/C25H28N4O3/c1-29-10-8-22(9-11-29)32-23-6-7-24-18(13-23)12-19(16-31-24)25(30)28-21-4-2-17(3-5-21)20-14-26-27-15-20/h2-7,13-15,19,22H,8-12,16H2,1H3,(H,26,27)(H,28,30). The number of likely N-dealkylation sites (tertiary alicyclic amines) is 1. The number of carbonyl (C=O) groups excluding carboxylic acids is 1. The van der Waals surface area contributed by atoms with Crippen molar-refractivity contribution in [3.8, 4) is 22.6 Å². The number of hydrogen-bond acceptors (Lipinski definition) is 5. The van der Waals surface area contributed by atoms with Crippen molar-refractivity contribution in [3.63, 3.8) is 0 Å². The van der Waals surface area contributed by atoms with Gasteiger partial charge in [-0.05, 0) is 67.8 Å². The fourth-order valence-corrected chi connectivity index (χ4v) is 4.31. The second-order valence-electron chi connectivity index (χ2n) is 8.66. The summed E-state index contributed by atoms with van der Waals surface area (Å²) in [4.78, 5) is 15.2. The van der Waals surface area contributed by atoms with E-state index in [0.29, 0.717) is 13.0 Å². The van der Waals surface area contributed by atoms with Crippen LogP contribution in [0.1, 0.15) is 18.4 Å². The molecule has 2 aliphatic rings. The maximum atomic E-state index is 12.9. The minimum Gasteiger partial charge on any atom is -0.492 e. The number of nitrogens with zero attached hydrogens (tertiary/aromatic N) is 2. The zero-order valence-corrected chi connectivity index (χ0v) is 18.2. The summed E-state index contributed by atoms with van der Waals surface area (Å²) in [6, 6.07) is 13.7. The summed E-state index contributed by atoms with van der Waals surface area (Å²) in [6.45, 7) is 2.50. The quantitative estimate of drug-likeness (QED) is 0.642. The fraction of sp³-hybridized carbons (Fsp3) is 0.360. The number of anilines is 1. The molecule has 3 aromatic rings. The van der Waals surface area contributed by atoms with Crippen LogP contribution in [0.5, 0.6) is 11.5 Å². The molecule has 0 saturated carbocycles. The van der Waals surface area contributed by atoms with E-state index < -0.39 is 0 Å². The molecule has 7 nitrogen and oxygen atoms in total. The lowest BCUT2D eigenvalue weighted by molar-refractivity contribution is -0.121. The monoisotopic (exact) mass is 432 g/mol. The highest BCUT2D eigenvalue weighted by Crippen LogP contribution is 2.32. The molecule has 166 valence electrons. The lowest BCUT2D eigenvalue weighted by Crippen LogP contribution is -2.35. The highest BCUT2D eigenvalue weighted by atomic mass is 16.5. The second kappa shape index (κ2) is 9.04. The van der Waals surface area contributed by atoms with Crippen molar-refractivity contribution in [1.29, 1.82) is 0 Å². The third-order valence-electron chi connectivity index (χ3n) is 6.26. The smallest absolute Gasteiger partial charge is 0.231 e. The van der Waals surface area contributed by atoms with Crippen molar-refractivity contribution in [1.82, 2.24) is 15.1 Å². The number of nitrogens with one attached hydrogen (secondary N) is 2. The summed E-state index contributed by atoms with van der Waals surface area (Å²) < 4.78 is 12.1. The molecule has 1 saturated heterocycles. The van der Waals surface area contributed by atoms with Crippen LogP contribution in [0.25, 0.3) is 11.1 Å². The maximum Gasteiger partial charge on any atom is 0.231 e. The van der Waals surface area contributed by atoms with Gasteiger partial charge in [0.1, 0.15) is 24.2 Å². The van der Waals surface area contributed by atoms with Gasteiger partial charge in [-0.1, -0.05) is 12.1 Å². The van der Waals surface area contributed by atoms with Crippen LogP contribution in [0.3, 0.4) is 0 Å². The number of piperidine rings is 1. The minimum atomic E-state index is -0.241. The van der Waals surface area contributed by atoms with E-state index in [2.05, 4.69) is 27.5 Å². The molecule has 0 bridgehead atoms. The zero-order valence-electron chi connectivity index (χ0n) is 18.2. The average Bonchev–Trinajstić information content (AvgIpc) is 3.36. The average molecular weight is 433 g/mol. The highest BCUT2D eigenvalue weighted by molar-refractivity contribution is 5.93. The Hall–Kier alpha value is -3.32. The van der Waals surface area contributed by atoms with Crippen LogP contribution in [0.2, 0.25) is 0 Å². The van der Waals surface area contributed by atoms with Crippen LogP contribution in [0.15, 0.2) is 54.9 Å². The third-order valence-corrected chi connectivity index (χ3v) is 6.26. The molecule has 2 aromatic carbocycles. The molecule has 32 heavy (non-hydrogen) atoms. The van der Waals surface area contributed by atoms with Gasteiger partial charge in [-0.15, -0.1) is 0 Å². The maximum absolute atomic E-state index is 12.9. The number of aromatic nitrogens is 2. The fourth-order valence-electron chi connectivity index (χ4n) is 4.31. The van der Waals surface area contributed by atoms with E-state index in [4.69, 9.17) is 9.47 Å². The summed E-state index contributed by atoms with van der Waals surface area (Å²) in [5, 5.41) is 9.80. The summed E-state index contributed by atoms with van der Waals surface area (Å²) in [7, 11) is 2.14. The van der Waals surface area contributed by atoms with Gasteiger partial charge in [0.05, 0.1) is 12.1 Å². The Morgan fingerprint density at radius 2 is 1.97 bits per heavy atom. The normalized spacial score (nSPS) is 19.1. The number of benzene rings is 2. The number of amides is 1. The van der Waals surface area contributed by atoms with Crippen LogP contribution >= 0.6 is 0 Å². The van der Waals surface area contributed by atoms with E-state index in [1.165, 1.54) is 0 Å². The van der Waals surface area contributed by atoms with Gasteiger partial charge in [-0.3, -0.25) is 9.89 Å². The number of fused-ring (bicyclic) bond motifs is 1. The first-order valence-corrected chi connectivity index (χ1v) is 11.1. The topological polar surface area (TPSA) is 79.5 Å². The molecule has 1 amide bonds. The largest absolute Gasteiger partial charge is 0.492 e. The Kier molecular flexibility index (Phi) is 5.81. The van der Waals surface area contributed by atoms with Gasteiger partial charge >= 0.3 is 0 Å². The van der Waals surface area contributed by atoms with E-state index in [-0.39, 0.29) is 17.9 Å². The SMILES string of the molecule is CN1CCC(Oc2ccc3c(c2)CC(C(=O)Nc2ccc(-c4cn[nH]c4)cc2)CO3)CC1. The van der Waals surface area contributed by atoms with Gasteiger partial charge in [0.2, 0.25) is 5.91 Å². The van der Waals surface area contributed by atoms with Crippen molar-refractivity contribution >= 4 is 11.6 Å². The van der Waals surface area contributed by atoms with Crippen LogP contribution in [-0.2, 0) is 11.2 Å². The zero-order chi connectivity index (χ0) is 21.9. The number of rotatable bonds is 5. The van der Waals surface area contributed by atoms with Gasteiger partial charge < -0.3 is 19.7 Å². The van der Waals surface area contributed by atoms with Gasteiger partial charge in [-0.2, -0.15) is 5.10 Å². The molecule has 2 aliphatic heterocycles. The molecule has 3 heterocycles. The van der Waals surface area contributed by atoms with Crippen LogP contribution < -0.4 is 14.8 Å². The Labute approximate surface area is 187 Å². The van der Waals surface area contributed by atoms with Crippen LogP contribution in [-0.4, -0.2) is 53.9 Å². The molecule has 1 atom stereocenters. The molecule has 2 N–H and O–H groups in total. The predicted molar refractivity (Wildman–Crippen MR) is 123 cm³/mol. The summed E-state index contributed by atoms with van der Waals surface area (Å²) >= 11 is 0. The summed E-state index contributed by atoms with van der Waals surface area (Å²) in [5.74, 6) is 1.43. The minimum absolute atomic E-state index is 0.0339. The lowest BCUT2D eigenvalue weighted by Gasteiger charge is -2.30. The van der Waals surface area contributed by atoms with Crippen molar-refractivity contribution < 1.29 is 14.3 Å². The van der Waals surface area contributed by atoms with Gasteiger partial charge in [0.15, 0.2) is 0 Å². The van der Waals surface area contributed by atoms with Gasteiger partial charge in [0, 0.05) is 30.5 Å². The number of ether oxygens (including phenoxy) is 2. The van der Waals surface area contributed by atoms with Crippen LogP contribution in [0.4, 0.5) is 5.69 Å². The first kappa shape index (κ1) is 20.6. The molecule has 0 radical (unpaired) electrons. The third kappa shape index (κ3) is 4.62. The number of hydrogen-bond donors (Lipinski definition) is 2. The Bertz CT molecular complexity index is 1060. The van der Waals surface area contributed by atoms with Crippen LogP contribution in [0, 0.1) is 5.92 Å². The summed E-state index contributed by atoms with van der Waals surface area (Å²) in [5.41, 5.74) is 3.85. The van der Waals surface area contributed by atoms with Crippen molar-refractivity contribution in [3.05, 3.63) is 60.4 Å². The van der Waals surface area contributed by atoms with E-state index in [1.54, 1.807) is 6.20 Å². The lowest BCUT2D eigenvalue weighted by atomic mass is 9.95. The number of carbonyl (C=O) groups is 1. The molecule has 5 rings (SSSR count). The first-order valence-electron chi connectivity index (χ1n) is 11.1. The molecular weight excluding hydrogens is 404 g/mol. The molecule has 0 spiro atoms. The Morgan fingerprint density at radius 1 is 1.16 bits per heavy atom. The van der Waals surface area contributed by atoms with Crippen molar-refractivity contribution in [2.75, 3.05) is 32.1 Å². The van der Waals surface area contributed by atoms with Gasteiger partial charge in [-0.25, -0.2) is 0 Å². The molecule has 7 heteroatoms. The van der Waals surface area contributed by atoms with Gasteiger partial charge in [0.25, 0.3) is 0 Å². The van der Waals surface area contributed by atoms with E-state index in [1.807, 2.05) is 48.7 Å². The van der Waals surface area contributed by atoms with E-state index in [0.717, 1.165) is 59.8 Å². The molecule has 1 fully saturated rings. The predicted octanol–water partition coefficient (Wildman–Crippen LogP) is 3.74. The molecular formula is C25H28N4O3. The number of H-pyrrole nitrogens is 1. The molecule has 0 aliphatic carbocycles. The first-order chi connectivity index (χ1) is 15.6. The Morgan fingerprint density at radius 3 is 2.72 bits per heavy atom.